The zero-order chi connectivity index (χ0) is 10.7. The molecule has 0 spiro atoms. The molecule has 1 heterocycles. The Hall–Kier alpha value is -0.120. The average molecular weight is 212 g/mol. The summed E-state index contributed by atoms with van der Waals surface area (Å²) in [5, 5.41) is 3.62. The first-order valence-electron chi connectivity index (χ1n) is 6.40. The predicted molar refractivity (Wildman–Crippen MR) is 62.1 cm³/mol. The minimum atomic E-state index is 0.418. The lowest BCUT2D eigenvalue weighted by molar-refractivity contribution is -0.0365. The molecule has 0 aromatic rings. The second kappa shape index (κ2) is 5.28. The van der Waals surface area contributed by atoms with E-state index in [1.54, 1.807) is 0 Å². The summed E-state index contributed by atoms with van der Waals surface area (Å²) < 4.78 is 5.60. The molecular weight excluding hydrogens is 188 g/mol. The predicted octanol–water partition coefficient (Wildman–Crippen LogP) is 1.24. The number of rotatable bonds is 3. The number of hydrogen-bond donors (Lipinski definition) is 1. The molecule has 1 N–H and O–H groups in total. The monoisotopic (exact) mass is 212 g/mol. The van der Waals surface area contributed by atoms with Crippen molar-refractivity contribution in [2.45, 2.75) is 51.3 Å². The summed E-state index contributed by atoms with van der Waals surface area (Å²) in [7, 11) is 0. The highest BCUT2D eigenvalue weighted by atomic mass is 16.5. The minimum absolute atomic E-state index is 0.418. The van der Waals surface area contributed by atoms with E-state index in [-0.39, 0.29) is 0 Å². The third kappa shape index (κ3) is 2.71. The van der Waals surface area contributed by atoms with E-state index in [9.17, 15) is 0 Å². The van der Waals surface area contributed by atoms with Crippen molar-refractivity contribution in [2.75, 3.05) is 26.2 Å². The number of ether oxygens (including phenoxy) is 1. The van der Waals surface area contributed by atoms with Crippen molar-refractivity contribution in [3.63, 3.8) is 0 Å². The van der Waals surface area contributed by atoms with Gasteiger partial charge >= 0.3 is 0 Å². The van der Waals surface area contributed by atoms with Crippen LogP contribution in [-0.2, 0) is 4.74 Å². The van der Waals surface area contributed by atoms with E-state index in [4.69, 9.17) is 4.74 Å². The number of likely N-dealkylation sites (N-methyl/N-ethyl adjacent to an activating group) is 1. The Labute approximate surface area is 93.2 Å². The quantitative estimate of drug-likeness (QED) is 0.762. The molecule has 1 saturated heterocycles. The maximum absolute atomic E-state index is 5.60. The SMILES string of the molecule is CCNC1CCCC1N1CCOC(C)C1. The van der Waals surface area contributed by atoms with Crippen LogP contribution in [0, 0.1) is 0 Å². The lowest BCUT2D eigenvalue weighted by atomic mass is 10.1. The molecule has 2 aliphatic rings. The van der Waals surface area contributed by atoms with Crippen LogP contribution in [0.5, 0.6) is 0 Å². The molecule has 3 heteroatoms. The zero-order valence-corrected chi connectivity index (χ0v) is 10.0. The fraction of sp³-hybridized carbons (Fsp3) is 1.00. The van der Waals surface area contributed by atoms with E-state index in [2.05, 4.69) is 24.1 Å². The van der Waals surface area contributed by atoms with Gasteiger partial charge in [0.25, 0.3) is 0 Å². The Morgan fingerprint density at radius 1 is 1.40 bits per heavy atom. The van der Waals surface area contributed by atoms with Crippen LogP contribution < -0.4 is 5.32 Å². The van der Waals surface area contributed by atoms with Crippen molar-refractivity contribution in [3.05, 3.63) is 0 Å². The molecule has 88 valence electrons. The number of nitrogens with one attached hydrogen (secondary N) is 1. The summed E-state index contributed by atoms with van der Waals surface area (Å²) in [5.74, 6) is 0. The summed E-state index contributed by atoms with van der Waals surface area (Å²) in [5.41, 5.74) is 0. The first-order chi connectivity index (χ1) is 7.31. The fourth-order valence-electron chi connectivity index (χ4n) is 3.02. The number of hydrogen-bond acceptors (Lipinski definition) is 3. The molecular formula is C12H24N2O. The van der Waals surface area contributed by atoms with Gasteiger partial charge < -0.3 is 10.1 Å². The highest BCUT2D eigenvalue weighted by Gasteiger charge is 2.33. The van der Waals surface area contributed by atoms with Gasteiger partial charge in [-0.15, -0.1) is 0 Å². The van der Waals surface area contributed by atoms with Crippen molar-refractivity contribution in [2.24, 2.45) is 0 Å². The third-order valence-corrected chi connectivity index (χ3v) is 3.69. The fourth-order valence-corrected chi connectivity index (χ4v) is 3.02. The normalized spacial score (nSPS) is 38.4. The summed E-state index contributed by atoms with van der Waals surface area (Å²) >= 11 is 0. The van der Waals surface area contributed by atoms with Gasteiger partial charge in [0.05, 0.1) is 12.7 Å². The molecule has 1 aliphatic carbocycles. The highest BCUT2D eigenvalue weighted by molar-refractivity contribution is 4.91. The summed E-state index contributed by atoms with van der Waals surface area (Å²) in [6, 6.07) is 1.48. The molecule has 1 aliphatic heterocycles. The molecule has 3 unspecified atom stereocenters. The first kappa shape index (κ1) is 11.4. The van der Waals surface area contributed by atoms with Crippen molar-refractivity contribution in [3.8, 4) is 0 Å². The van der Waals surface area contributed by atoms with E-state index in [0.717, 1.165) is 38.3 Å². The topological polar surface area (TPSA) is 24.5 Å². The van der Waals surface area contributed by atoms with Crippen molar-refractivity contribution < 1.29 is 4.74 Å². The molecule has 1 saturated carbocycles. The molecule has 15 heavy (non-hydrogen) atoms. The van der Waals surface area contributed by atoms with Gasteiger partial charge in [0.1, 0.15) is 0 Å². The van der Waals surface area contributed by atoms with Crippen LogP contribution in [0.4, 0.5) is 0 Å². The number of morpholine rings is 1. The maximum atomic E-state index is 5.60. The molecule has 0 aromatic heterocycles. The summed E-state index contributed by atoms with van der Waals surface area (Å²) in [6.45, 7) is 8.64. The summed E-state index contributed by atoms with van der Waals surface area (Å²) in [4.78, 5) is 2.63. The van der Waals surface area contributed by atoms with Crippen LogP contribution in [0.25, 0.3) is 0 Å². The third-order valence-electron chi connectivity index (χ3n) is 3.69. The van der Waals surface area contributed by atoms with Crippen LogP contribution in [0.3, 0.4) is 0 Å². The molecule has 3 atom stereocenters. The Balaban J connectivity index is 1.90. The zero-order valence-electron chi connectivity index (χ0n) is 10.0. The molecule has 0 amide bonds. The Kier molecular flexibility index (Phi) is 4.00. The van der Waals surface area contributed by atoms with E-state index < -0.39 is 0 Å². The molecule has 2 fully saturated rings. The van der Waals surface area contributed by atoms with E-state index in [1.807, 2.05) is 0 Å². The standard InChI is InChI=1S/C12H24N2O/c1-3-13-11-5-4-6-12(11)14-7-8-15-10(2)9-14/h10-13H,3-9H2,1-2H3. The second-order valence-corrected chi connectivity index (χ2v) is 4.84. The molecule has 3 nitrogen and oxygen atoms in total. The molecule has 0 aromatic carbocycles. The first-order valence-corrected chi connectivity index (χ1v) is 6.40. The summed E-state index contributed by atoms with van der Waals surface area (Å²) in [6.07, 6.45) is 4.52. The van der Waals surface area contributed by atoms with Crippen LogP contribution in [0.1, 0.15) is 33.1 Å². The van der Waals surface area contributed by atoms with Gasteiger partial charge in [-0.2, -0.15) is 0 Å². The highest BCUT2D eigenvalue weighted by Crippen LogP contribution is 2.25. The Morgan fingerprint density at radius 3 is 3.00 bits per heavy atom. The van der Waals surface area contributed by atoms with Gasteiger partial charge in [-0.1, -0.05) is 13.3 Å². The van der Waals surface area contributed by atoms with Crippen LogP contribution >= 0.6 is 0 Å². The second-order valence-electron chi connectivity index (χ2n) is 4.84. The molecule has 2 rings (SSSR count). The lowest BCUT2D eigenvalue weighted by Gasteiger charge is -2.38. The van der Waals surface area contributed by atoms with Crippen molar-refractivity contribution in [1.29, 1.82) is 0 Å². The van der Waals surface area contributed by atoms with Crippen LogP contribution in [0.15, 0.2) is 0 Å². The lowest BCUT2D eigenvalue weighted by Crippen LogP contribution is -2.52. The molecule has 0 bridgehead atoms. The van der Waals surface area contributed by atoms with E-state index >= 15 is 0 Å². The maximum Gasteiger partial charge on any atom is 0.0674 e. The van der Waals surface area contributed by atoms with Gasteiger partial charge in [-0.25, -0.2) is 0 Å². The van der Waals surface area contributed by atoms with E-state index in [0.29, 0.717) is 6.10 Å². The van der Waals surface area contributed by atoms with Gasteiger partial charge in [-0.3, -0.25) is 4.90 Å². The number of nitrogens with zero attached hydrogens (tertiary/aromatic N) is 1. The average Bonchev–Trinajstić information content (AvgIpc) is 2.66. The van der Waals surface area contributed by atoms with Crippen molar-refractivity contribution in [1.82, 2.24) is 10.2 Å². The van der Waals surface area contributed by atoms with Gasteiger partial charge in [-0.05, 0) is 26.3 Å². The molecule has 0 radical (unpaired) electrons. The van der Waals surface area contributed by atoms with Gasteiger partial charge in [0.2, 0.25) is 0 Å². The smallest absolute Gasteiger partial charge is 0.0674 e. The van der Waals surface area contributed by atoms with Gasteiger partial charge in [0.15, 0.2) is 0 Å². The van der Waals surface area contributed by atoms with Gasteiger partial charge in [0, 0.05) is 25.2 Å². The Morgan fingerprint density at radius 2 is 2.27 bits per heavy atom. The van der Waals surface area contributed by atoms with Crippen LogP contribution in [0.2, 0.25) is 0 Å². The Bertz CT molecular complexity index is 198. The largest absolute Gasteiger partial charge is 0.376 e. The van der Waals surface area contributed by atoms with Crippen molar-refractivity contribution >= 4 is 0 Å². The minimum Gasteiger partial charge on any atom is -0.376 e. The van der Waals surface area contributed by atoms with E-state index in [1.165, 1.54) is 19.3 Å². The van der Waals surface area contributed by atoms with Crippen LogP contribution in [-0.4, -0.2) is 49.3 Å².